The second-order valence-electron chi connectivity index (χ2n) is 13.8. The molecule has 7 heteroatoms. The normalized spacial score (nSPS) is 12.8. The third-order valence-electron chi connectivity index (χ3n) is 10.0. The van der Waals surface area contributed by atoms with Crippen LogP contribution in [0.1, 0.15) is 108 Å². The summed E-state index contributed by atoms with van der Waals surface area (Å²) in [4.78, 5) is 14.2. The number of para-hydroxylation sites is 2. The summed E-state index contributed by atoms with van der Waals surface area (Å²) in [5, 5.41) is 0. The first-order valence-electron chi connectivity index (χ1n) is 19.0. The summed E-state index contributed by atoms with van der Waals surface area (Å²) in [6, 6.07) is 28.9. The Labute approximate surface area is 307 Å². The van der Waals surface area contributed by atoms with Crippen molar-refractivity contribution < 1.29 is 4.79 Å². The van der Waals surface area contributed by atoms with Crippen molar-refractivity contribution in [3.8, 4) is 0 Å². The van der Waals surface area contributed by atoms with E-state index in [9.17, 15) is 4.79 Å². The van der Waals surface area contributed by atoms with Crippen molar-refractivity contribution in [3.05, 3.63) is 99.8 Å². The van der Waals surface area contributed by atoms with E-state index in [1.807, 2.05) is 11.8 Å². The number of carbonyl (C=O) groups excluding carboxylic acids is 1. The fourth-order valence-electron chi connectivity index (χ4n) is 7.28. The van der Waals surface area contributed by atoms with Crippen LogP contribution in [0.15, 0.2) is 83.1 Å². The third-order valence-corrected chi connectivity index (χ3v) is 18.3. The summed E-state index contributed by atoms with van der Waals surface area (Å²) >= 11 is 4.15. The zero-order valence-electron chi connectivity index (χ0n) is 30.5. The number of unbranched alkanes of at least 4 members (excludes halogenated alkanes) is 5. The molecule has 3 aromatic carbocycles. The number of amides is 1. The Morgan fingerprint density at radius 2 is 1.16 bits per heavy atom. The zero-order valence-corrected chi connectivity index (χ0v) is 33.1. The van der Waals surface area contributed by atoms with Crippen molar-refractivity contribution in [2.24, 2.45) is 5.84 Å². The Balaban J connectivity index is 1.63. The first-order valence-corrected chi connectivity index (χ1v) is 23.8. The molecule has 49 heavy (non-hydrogen) atoms. The fraction of sp³-hybridized carbons (Fsp3) is 0.500. The van der Waals surface area contributed by atoms with E-state index in [4.69, 9.17) is 5.84 Å². The molecule has 0 atom stereocenters. The first kappa shape index (κ1) is 39.5. The van der Waals surface area contributed by atoms with E-state index in [1.165, 1.54) is 113 Å². The SMILES string of the molecule is CCCC[PH](CCCC)(CCCC)CCCSC(SCCCCCC(=O)NN)=C1c2ccccc2N(Cc2ccccc2)c2ccccc21. The maximum absolute atomic E-state index is 11.7. The second-order valence-corrected chi connectivity index (χ2v) is 21.2. The number of rotatable bonds is 23. The predicted octanol–water partition coefficient (Wildman–Crippen LogP) is 11.6. The van der Waals surface area contributed by atoms with Crippen LogP contribution >= 0.6 is 30.8 Å². The molecule has 0 spiro atoms. The minimum absolute atomic E-state index is 0.0714. The van der Waals surface area contributed by atoms with Crippen LogP contribution in [-0.4, -0.2) is 42.1 Å². The average Bonchev–Trinajstić information content (AvgIpc) is 3.14. The summed E-state index contributed by atoms with van der Waals surface area (Å²) in [5.74, 6) is 7.47. The van der Waals surface area contributed by atoms with Crippen LogP contribution in [-0.2, 0) is 11.3 Å². The van der Waals surface area contributed by atoms with Crippen LogP contribution in [0.3, 0.4) is 0 Å². The first-order chi connectivity index (χ1) is 24.1. The number of anilines is 2. The molecule has 0 saturated carbocycles. The van der Waals surface area contributed by atoms with Crippen molar-refractivity contribution in [3.63, 3.8) is 0 Å². The summed E-state index contributed by atoms with van der Waals surface area (Å²) < 4.78 is 1.46. The number of benzene rings is 3. The monoisotopic (exact) mass is 719 g/mol. The van der Waals surface area contributed by atoms with Crippen LogP contribution < -0.4 is 16.2 Å². The van der Waals surface area contributed by atoms with E-state index in [-0.39, 0.29) is 5.91 Å². The molecule has 1 aliphatic rings. The summed E-state index contributed by atoms with van der Waals surface area (Å²) in [6.45, 7) is 7.96. The third kappa shape index (κ3) is 11.9. The minimum atomic E-state index is -1.27. The van der Waals surface area contributed by atoms with Gasteiger partial charge in [0.1, 0.15) is 0 Å². The second kappa shape index (κ2) is 21.9. The number of hydrogen-bond donors (Lipinski definition) is 2. The Kier molecular flexibility index (Phi) is 17.6. The molecular weight excluding hydrogens is 658 g/mol. The molecule has 0 unspecified atom stereocenters. The molecule has 268 valence electrons. The predicted molar refractivity (Wildman–Crippen MR) is 224 cm³/mol. The molecule has 0 aromatic heterocycles. The number of nitrogens with zero attached hydrogens (tertiary/aromatic N) is 1. The molecule has 0 radical (unpaired) electrons. The molecule has 1 aliphatic heterocycles. The van der Waals surface area contributed by atoms with Crippen molar-refractivity contribution >= 4 is 53.6 Å². The number of nitrogens with two attached hydrogens (primary N) is 1. The number of hydrogen-bond acceptors (Lipinski definition) is 5. The molecular formula is C42H62N3OPS2. The van der Waals surface area contributed by atoms with E-state index in [2.05, 4.69) is 122 Å². The van der Waals surface area contributed by atoms with Gasteiger partial charge in [0.25, 0.3) is 0 Å². The van der Waals surface area contributed by atoms with Gasteiger partial charge in [0, 0.05) is 0 Å². The average molecular weight is 720 g/mol. The van der Waals surface area contributed by atoms with E-state index in [1.54, 1.807) is 0 Å². The molecule has 1 amide bonds. The molecule has 0 bridgehead atoms. The topological polar surface area (TPSA) is 58.4 Å². The molecule has 0 fully saturated rings. The van der Waals surface area contributed by atoms with Gasteiger partial charge in [-0.1, -0.05) is 18.2 Å². The van der Waals surface area contributed by atoms with Crippen molar-refractivity contribution in [2.75, 3.05) is 41.1 Å². The Morgan fingerprint density at radius 3 is 1.71 bits per heavy atom. The van der Waals surface area contributed by atoms with Crippen molar-refractivity contribution in [1.29, 1.82) is 0 Å². The van der Waals surface area contributed by atoms with Crippen LogP contribution in [0.5, 0.6) is 0 Å². The van der Waals surface area contributed by atoms with Gasteiger partial charge in [-0.15, -0.1) is 0 Å². The van der Waals surface area contributed by atoms with Gasteiger partial charge in [0.2, 0.25) is 0 Å². The van der Waals surface area contributed by atoms with Gasteiger partial charge >= 0.3 is 274 Å². The van der Waals surface area contributed by atoms with Gasteiger partial charge in [0.15, 0.2) is 0 Å². The summed E-state index contributed by atoms with van der Waals surface area (Å²) in [5.41, 5.74) is 10.2. The van der Waals surface area contributed by atoms with Crippen LogP contribution in [0.25, 0.3) is 5.57 Å². The van der Waals surface area contributed by atoms with Gasteiger partial charge in [-0.05, 0) is 0 Å². The van der Waals surface area contributed by atoms with E-state index >= 15 is 0 Å². The van der Waals surface area contributed by atoms with E-state index in [0.29, 0.717) is 6.42 Å². The molecule has 4 nitrogen and oxygen atoms in total. The van der Waals surface area contributed by atoms with Gasteiger partial charge in [0.05, 0.1) is 0 Å². The van der Waals surface area contributed by atoms with Gasteiger partial charge < -0.3 is 0 Å². The Bertz CT molecular complexity index is 1380. The van der Waals surface area contributed by atoms with Crippen molar-refractivity contribution in [1.82, 2.24) is 5.43 Å². The number of thioether (sulfide) groups is 2. The van der Waals surface area contributed by atoms with Crippen LogP contribution in [0.2, 0.25) is 0 Å². The standard InChI is InChI=1S/C42H62N3OPS2/c1-4-7-28-47(29-8-5-2,30-9-6-3)31-20-33-49-42(48-32-19-11-14-27-40(46)44-43)41-36-23-15-17-25-38(36)45(34-35-21-12-10-13-22-35)39-26-18-16-24-37(39)41/h10,12-13,15-18,21-26,47H,4-9,11,14,19-20,27-34,43H2,1-3H3,(H,44,46). The number of hydrazine groups is 1. The summed E-state index contributed by atoms with van der Waals surface area (Å²) in [6.07, 6.45) is 19.1. The molecule has 0 aliphatic carbocycles. The number of carbonyl (C=O) groups is 1. The van der Waals surface area contributed by atoms with Gasteiger partial charge in [-0.2, -0.15) is 0 Å². The van der Waals surface area contributed by atoms with Gasteiger partial charge in [-0.25, -0.2) is 5.84 Å². The van der Waals surface area contributed by atoms with Crippen LogP contribution in [0.4, 0.5) is 11.4 Å². The van der Waals surface area contributed by atoms with E-state index < -0.39 is 7.26 Å². The fourth-order valence-corrected chi connectivity index (χ4v) is 15.8. The van der Waals surface area contributed by atoms with Gasteiger partial charge in [-0.3, -0.25) is 10.2 Å². The van der Waals surface area contributed by atoms with Crippen LogP contribution in [0, 0.1) is 0 Å². The van der Waals surface area contributed by atoms with E-state index in [0.717, 1.165) is 31.6 Å². The molecule has 4 rings (SSSR count). The molecule has 0 saturated heterocycles. The zero-order chi connectivity index (χ0) is 34.7. The maximum atomic E-state index is 11.7. The summed E-state index contributed by atoms with van der Waals surface area (Å²) in [7, 11) is -1.27. The Hall–Kier alpha value is -2.24. The molecule has 3 aromatic rings. The molecule has 3 N–H and O–H groups in total. The number of nitrogens with one attached hydrogen (secondary N) is 1. The number of fused-ring (bicyclic) bond motifs is 2. The van der Waals surface area contributed by atoms with Crippen molar-refractivity contribution in [2.45, 2.75) is 97.9 Å². The quantitative estimate of drug-likeness (QED) is 0.0336. The Morgan fingerprint density at radius 1 is 0.653 bits per heavy atom. The molecule has 1 heterocycles.